The number of ether oxygens (including phenoxy) is 1. The minimum absolute atomic E-state index is 0.103. The van der Waals surface area contributed by atoms with E-state index >= 15 is 0 Å². The summed E-state index contributed by atoms with van der Waals surface area (Å²) >= 11 is 0. The predicted octanol–water partition coefficient (Wildman–Crippen LogP) is 2.79. The summed E-state index contributed by atoms with van der Waals surface area (Å²) in [6, 6.07) is 8.19. The summed E-state index contributed by atoms with van der Waals surface area (Å²) in [5.74, 6) is 0.335. The van der Waals surface area contributed by atoms with Gasteiger partial charge in [-0.25, -0.2) is 9.07 Å². The number of guanidine groups is 1. The summed E-state index contributed by atoms with van der Waals surface area (Å²) in [6.45, 7) is 7.13. The highest BCUT2D eigenvalue weighted by Crippen LogP contribution is 2.18. The minimum atomic E-state index is -0.265. The van der Waals surface area contributed by atoms with Crippen LogP contribution in [0.2, 0.25) is 0 Å². The second kappa shape index (κ2) is 10.8. The van der Waals surface area contributed by atoms with Crippen LogP contribution in [0.15, 0.2) is 41.5 Å². The number of halogens is 1. The molecule has 1 aromatic carbocycles. The number of carbonyl (C=O) groups is 1. The monoisotopic (exact) mass is 415 g/mol. The van der Waals surface area contributed by atoms with Crippen LogP contribution in [0, 0.1) is 11.7 Å². The molecule has 0 aliphatic carbocycles. The summed E-state index contributed by atoms with van der Waals surface area (Å²) in [6.07, 6.45) is 4.36. The van der Waals surface area contributed by atoms with Crippen LogP contribution in [0.4, 0.5) is 4.39 Å². The van der Waals surface area contributed by atoms with Gasteiger partial charge in [-0.1, -0.05) is 0 Å². The zero-order valence-corrected chi connectivity index (χ0v) is 17.7. The molecule has 0 amide bonds. The van der Waals surface area contributed by atoms with Gasteiger partial charge in [-0.05, 0) is 57.0 Å². The standard InChI is InChI=1S/C22H30FN5O2/c1-3-24-22(27-14-5-6-17(16-27)21(29)30-4-2)25-13-11-19-12-15-28(26-19)20-9-7-18(23)8-10-20/h7-10,12,15,17H,3-6,11,13-14,16H2,1-2H3,(H,24,25). The van der Waals surface area contributed by atoms with Gasteiger partial charge < -0.3 is 15.0 Å². The average molecular weight is 416 g/mol. The lowest BCUT2D eigenvalue weighted by atomic mass is 9.98. The Morgan fingerprint density at radius 3 is 2.83 bits per heavy atom. The molecule has 0 bridgehead atoms. The van der Waals surface area contributed by atoms with Gasteiger partial charge in [0.2, 0.25) is 0 Å². The Balaban J connectivity index is 1.60. The molecule has 1 aromatic heterocycles. The van der Waals surface area contributed by atoms with E-state index in [1.807, 2.05) is 26.1 Å². The van der Waals surface area contributed by atoms with Crippen LogP contribution >= 0.6 is 0 Å². The van der Waals surface area contributed by atoms with Gasteiger partial charge in [0.15, 0.2) is 5.96 Å². The Morgan fingerprint density at radius 2 is 2.10 bits per heavy atom. The predicted molar refractivity (Wildman–Crippen MR) is 114 cm³/mol. The molecular weight excluding hydrogens is 385 g/mol. The van der Waals surface area contributed by atoms with E-state index < -0.39 is 0 Å². The Labute approximate surface area is 176 Å². The Morgan fingerprint density at radius 1 is 1.30 bits per heavy atom. The number of esters is 1. The molecule has 0 spiro atoms. The molecule has 1 fully saturated rings. The maximum atomic E-state index is 13.1. The van der Waals surface area contributed by atoms with Gasteiger partial charge in [0.1, 0.15) is 5.82 Å². The third kappa shape index (κ3) is 5.81. The van der Waals surface area contributed by atoms with E-state index in [0.29, 0.717) is 26.1 Å². The van der Waals surface area contributed by atoms with Crippen molar-refractivity contribution in [3.05, 3.63) is 48.0 Å². The number of nitrogens with one attached hydrogen (secondary N) is 1. The summed E-state index contributed by atoms with van der Waals surface area (Å²) < 4.78 is 20.0. The number of rotatable bonds is 7. The third-order valence-corrected chi connectivity index (χ3v) is 5.04. The van der Waals surface area contributed by atoms with Crippen LogP contribution in [0.5, 0.6) is 0 Å². The highest BCUT2D eigenvalue weighted by molar-refractivity contribution is 5.81. The first-order chi connectivity index (χ1) is 14.6. The molecule has 1 atom stereocenters. The first-order valence-electron chi connectivity index (χ1n) is 10.6. The van der Waals surface area contributed by atoms with Crippen LogP contribution in [-0.2, 0) is 16.0 Å². The van der Waals surface area contributed by atoms with Crippen molar-refractivity contribution in [1.82, 2.24) is 20.0 Å². The van der Waals surface area contributed by atoms with E-state index in [-0.39, 0.29) is 17.7 Å². The van der Waals surface area contributed by atoms with Crippen molar-refractivity contribution in [3.63, 3.8) is 0 Å². The fourth-order valence-corrected chi connectivity index (χ4v) is 3.56. The molecule has 7 nitrogen and oxygen atoms in total. The highest BCUT2D eigenvalue weighted by Gasteiger charge is 2.28. The molecule has 1 aliphatic heterocycles. The number of aromatic nitrogens is 2. The first-order valence-corrected chi connectivity index (χ1v) is 10.6. The topological polar surface area (TPSA) is 71.8 Å². The summed E-state index contributed by atoms with van der Waals surface area (Å²) in [5.41, 5.74) is 1.74. The van der Waals surface area contributed by atoms with E-state index in [2.05, 4.69) is 15.3 Å². The second-order valence-corrected chi connectivity index (χ2v) is 7.25. The molecule has 1 N–H and O–H groups in total. The van der Waals surface area contributed by atoms with Crippen LogP contribution in [0.3, 0.4) is 0 Å². The number of aliphatic imine (C=N–C) groups is 1. The molecule has 1 unspecified atom stereocenters. The van der Waals surface area contributed by atoms with Crippen LogP contribution in [0.1, 0.15) is 32.4 Å². The van der Waals surface area contributed by atoms with E-state index in [4.69, 9.17) is 9.73 Å². The Kier molecular flexibility index (Phi) is 7.82. The number of likely N-dealkylation sites (tertiary alicyclic amines) is 1. The van der Waals surface area contributed by atoms with Crippen molar-refractivity contribution >= 4 is 11.9 Å². The van der Waals surface area contributed by atoms with E-state index in [0.717, 1.165) is 43.3 Å². The molecule has 30 heavy (non-hydrogen) atoms. The first kappa shape index (κ1) is 21.8. The largest absolute Gasteiger partial charge is 0.466 e. The fourth-order valence-electron chi connectivity index (χ4n) is 3.56. The van der Waals surface area contributed by atoms with Crippen molar-refractivity contribution < 1.29 is 13.9 Å². The number of carbonyl (C=O) groups excluding carboxylic acids is 1. The maximum Gasteiger partial charge on any atom is 0.310 e. The van der Waals surface area contributed by atoms with E-state index in [1.54, 1.807) is 16.8 Å². The number of hydrogen-bond acceptors (Lipinski definition) is 4. The van der Waals surface area contributed by atoms with Crippen LogP contribution in [0.25, 0.3) is 5.69 Å². The SMILES string of the molecule is CCNC(=NCCc1ccn(-c2ccc(F)cc2)n1)N1CCCC(C(=O)OCC)C1. The normalized spacial score (nSPS) is 17.1. The fraction of sp³-hybridized carbons (Fsp3) is 0.500. The molecule has 0 saturated carbocycles. The molecular formula is C22H30FN5O2. The van der Waals surface area contributed by atoms with Crippen LogP contribution < -0.4 is 5.32 Å². The maximum absolute atomic E-state index is 13.1. The summed E-state index contributed by atoms with van der Waals surface area (Å²) in [5, 5.41) is 7.88. The number of hydrogen-bond donors (Lipinski definition) is 1. The van der Waals surface area contributed by atoms with Gasteiger partial charge in [-0.3, -0.25) is 9.79 Å². The quantitative estimate of drug-likeness (QED) is 0.428. The van der Waals surface area contributed by atoms with Crippen molar-refractivity contribution in [2.24, 2.45) is 10.9 Å². The van der Waals surface area contributed by atoms with Gasteiger partial charge in [-0.15, -0.1) is 0 Å². The molecule has 8 heteroatoms. The van der Waals surface area contributed by atoms with Crippen molar-refractivity contribution in [3.8, 4) is 5.69 Å². The van der Waals surface area contributed by atoms with Crippen molar-refractivity contribution in [2.45, 2.75) is 33.1 Å². The number of nitrogens with zero attached hydrogens (tertiary/aromatic N) is 4. The molecule has 1 saturated heterocycles. The minimum Gasteiger partial charge on any atom is -0.466 e. The van der Waals surface area contributed by atoms with Gasteiger partial charge in [-0.2, -0.15) is 5.10 Å². The Hall–Kier alpha value is -2.90. The molecule has 162 valence electrons. The summed E-state index contributed by atoms with van der Waals surface area (Å²) in [7, 11) is 0. The van der Waals surface area contributed by atoms with Gasteiger partial charge >= 0.3 is 5.97 Å². The zero-order valence-electron chi connectivity index (χ0n) is 17.7. The van der Waals surface area contributed by atoms with Gasteiger partial charge in [0, 0.05) is 38.8 Å². The second-order valence-electron chi connectivity index (χ2n) is 7.25. The van der Waals surface area contributed by atoms with Gasteiger partial charge in [0.05, 0.1) is 23.9 Å². The van der Waals surface area contributed by atoms with Crippen molar-refractivity contribution in [2.75, 3.05) is 32.8 Å². The molecule has 3 rings (SSSR count). The third-order valence-electron chi connectivity index (χ3n) is 5.04. The van der Waals surface area contributed by atoms with E-state index in [9.17, 15) is 9.18 Å². The highest BCUT2D eigenvalue weighted by atomic mass is 19.1. The lowest BCUT2D eigenvalue weighted by Gasteiger charge is -2.34. The lowest BCUT2D eigenvalue weighted by molar-refractivity contribution is -0.149. The number of piperidine rings is 1. The van der Waals surface area contributed by atoms with Crippen LogP contribution in [-0.4, -0.2) is 59.4 Å². The molecule has 2 heterocycles. The Bertz CT molecular complexity index is 849. The number of benzene rings is 1. The smallest absolute Gasteiger partial charge is 0.310 e. The molecule has 2 aromatic rings. The lowest BCUT2D eigenvalue weighted by Crippen LogP contribution is -2.48. The molecule has 1 aliphatic rings. The van der Waals surface area contributed by atoms with Crippen molar-refractivity contribution in [1.29, 1.82) is 0 Å². The average Bonchev–Trinajstić information content (AvgIpc) is 3.23. The zero-order chi connectivity index (χ0) is 21.3. The summed E-state index contributed by atoms with van der Waals surface area (Å²) in [4.78, 5) is 19.0. The van der Waals surface area contributed by atoms with Gasteiger partial charge in [0.25, 0.3) is 0 Å². The van der Waals surface area contributed by atoms with E-state index in [1.165, 1.54) is 12.1 Å². The molecule has 0 radical (unpaired) electrons.